The molecule has 0 bridgehead atoms. The van der Waals surface area contributed by atoms with Crippen LogP contribution in [-0.2, 0) is 27.5 Å². The second-order valence-electron chi connectivity index (χ2n) is 5.86. The van der Waals surface area contributed by atoms with Gasteiger partial charge in [0.1, 0.15) is 5.82 Å². The van der Waals surface area contributed by atoms with Crippen LogP contribution in [0, 0.1) is 5.82 Å². The third-order valence-electron chi connectivity index (χ3n) is 3.90. The zero-order valence-electron chi connectivity index (χ0n) is 14.8. The molecule has 0 aliphatic rings. The molecule has 1 amide bonds. The molecular weight excluding hydrogens is 400 g/mol. The van der Waals surface area contributed by atoms with Gasteiger partial charge in [0.05, 0.1) is 17.0 Å². The molecule has 28 heavy (non-hydrogen) atoms. The molecule has 0 saturated carbocycles. The maximum Gasteiger partial charge on any atom is 0.416 e. The summed E-state index contributed by atoms with van der Waals surface area (Å²) in [6.45, 7) is 1.04. The van der Waals surface area contributed by atoms with E-state index in [1.165, 1.54) is 31.2 Å². The second kappa shape index (κ2) is 8.70. The highest BCUT2D eigenvalue weighted by atomic mass is 32.2. The minimum atomic E-state index is -4.58. The Hall–Kier alpha value is -2.46. The molecule has 0 atom stereocenters. The number of nitrogens with one attached hydrogen (secondary N) is 1. The van der Waals surface area contributed by atoms with Crippen molar-refractivity contribution in [1.82, 2.24) is 9.62 Å². The van der Waals surface area contributed by atoms with Crippen molar-refractivity contribution in [3.8, 4) is 0 Å². The predicted molar refractivity (Wildman–Crippen MR) is 94.1 cm³/mol. The van der Waals surface area contributed by atoms with Gasteiger partial charge in [0.15, 0.2) is 0 Å². The van der Waals surface area contributed by atoms with Gasteiger partial charge in [-0.25, -0.2) is 12.8 Å². The number of hydrogen-bond acceptors (Lipinski definition) is 3. The normalized spacial score (nSPS) is 12.2. The van der Waals surface area contributed by atoms with E-state index in [0.29, 0.717) is 17.7 Å². The Bertz CT molecular complexity index is 911. The summed E-state index contributed by atoms with van der Waals surface area (Å²) < 4.78 is 76.8. The number of nitrogens with zero attached hydrogens (tertiary/aromatic N) is 1. The van der Waals surface area contributed by atoms with E-state index in [-0.39, 0.29) is 18.0 Å². The first-order valence-corrected chi connectivity index (χ1v) is 9.66. The van der Waals surface area contributed by atoms with Crippen LogP contribution in [0.4, 0.5) is 17.6 Å². The molecule has 2 rings (SSSR count). The van der Waals surface area contributed by atoms with Crippen LogP contribution in [0.3, 0.4) is 0 Å². The standard InChI is InChI=1S/C18H18F4N2O3S/c1-2-24(12-17(25)23-11-13-3-7-15(19)8-4-13)28(26,27)16-9-5-14(6-10-16)18(20,21)22/h3-10H,2,11-12H2,1H3,(H,23,25). The molecule has 0 unspecified atom stereocenters. The van der Waals surface area contributed by atoms with Crippen LogP contribution in [0.25, 0.3) is 0 Å². The van der Waals surface area contributed by atoms with Gasteiger partial charge in [-0.3, -0.25) is 4.79 Å². The number of amides is 1. The Morgan fingerprint density at radius 1 is 1.04 bits per heavy atom. The fraction of sp³-hybridized carbons (Fsp3) is 0.278. The molecule has 0 spiro atoms. The molecule has 0 aromatic heterocycles. The van der Waals surface area contributed by atoms with E-state index < -0.39 is 40.0 Å². The largest absolute Gasteiger partial charge is 0.416 e. The Morgan fingerprint density at radius 2 is 1.61 bits per heavy atom. The zero-order valence-corrected chi connectivity index (χ0v) is 15.6. The Kier molecular flexibility index (Phi) is 6.78. The number of likely N-dealkylation sites (N-methyl/N-ethyl adjacent to an activating group) is 1. The van der Waals surface area contributed by atoms with Crippen LogP contribution in [-0.4, -0.2) is 31.7 Å². The van der Waals surface area contributed by atoms with Gasteiger partial charge in [0.25, 0.3) is 0 Å². The van der Waals surface area contributed by atoms with Crippen molar-refractivity contribution in [2.24, 2.45) is 0 Å². The van der Waals surface area contributed by atoms with Crippen molar-refractivity contribution >= 4 is 15.9 Å². The summed E-state index contributed by atoms with van der Waals surface area (Å²) in [5, 5.41) is 2.52. The van der Waals surface area contributed by atoms with Crippen LogP contribution < -0.4 is 5.32 Å². The summed E-state index contributed by atoms with van der Waals surface area (Å²) in [7, 11) is -4.14. The first kappa shape index (κ1) is 21.8. The monoisotopic (exact) mass is 418 g/mol. The molecule has 2 aromatic carbocycles. The van der Waals surface area contributed by atoms with Crippen LogP contribution in [0.2, 0.25) is 0 Å². The number of hydrogen-bond donors (Lipinski definition) is 1. The summed E-state index contributed by atoms with van der Waals surface area (Å²) in [5.41, 5.74) is -0.338. The lowest BCUT2D eigenvalue weighted by Gasteiger charge is -2.20. The molecule has 0 fully saturated rings. The van der Waals surface area contributed by atoms with Crippen molar-refractivity contribution in [2.45, 2.75) is 24.5 Å². The quantitative estimate of drug-likeness (QED) is 0.703. The third kappa shape index (κ3) is 5.52. The van der Waals surface area contributed by atoms with E-state index in [9.17, 15) is 30.8 Å². The van der Waals surface area contributed by atoms with E-state index in [0.717, 1.165) is 16.4 Å². The van der Waals surface area contributed by atoms with Crippen LogP contribution in [0.5, 0.6) is 0 Å². The van der Waals surface area contributed by atoms with E-state index in [4.69, 9.17) is 0 Å². The predicted octanol–water partition coefficient (Wildman–Crippen LogP) is 3.17. The first-order valence-electron chi connectivity index (χ1n) is 8.22. The lowest BCUT2D eigenvalue weighted by molar-refractivity contribution is -0.137. The number of alkyl halides is 3. The van der Waals surface area contributed by atoms with E-state index in [2.05, 4.69) is 5.32 Å². The van der Waals surface area contributed by atoms with Crippen LogP contribution in [0.15, 0.2) is 53.4 Å². The van der Waals surface area contributed by atoms with E-state index >= 15 is 0 Å². The van der Waals surface area contributed by atoms with Gasteiger partial charge in [-0.1, -0.05) is 19.1 Å². The van der Waals surface area contributed by atoms with Gasteiger partial charge in [-0.15, -0.1) is 0 Å². The highest BCUT2D eigenvalue weighted by Gasteiger charge is 2.31. The highest BCUT2D eigenvalue weighted by Crippen LogP contribution is 2.30. The van der Waals surface area contributed by atoms with E-state index in [1.807, 2.05) is 0 Å². The molecule has 10 heteroatoms. The lowest BCUT2D eigenvalue weighted by atomic mass is 10.2. The minimum absolute atomic E-state index is 0.0483. The lowest BCUT2D eigenvalue weighted by Crippen LogP contribution is -2.40. The summed E-state index contributed by atoms with van der Waals surface area (Å²) in [6.07, 6.45) is -4.58. The topological polar surface area (TPSA) is 66.5 Å². The van der Waals surface area contributed by atoms with Gasteiger partial charge in [0, 0.05) is 13.1 Å². The molecule has 0 radical (unpaired) electrons. The number of sulfonamides is 1. The maximum absolute atomic E-state index is 12.9. The second-order valence-corrected chi connectivity index (χ2v) is 7.79. The molecule has 2 aromatic rings. The van der Waals surface area contributed by atoms with Crippen molar-refractivity contribution in [3.63, 3.8) is 0 Å². The van der Waals surface area contributed by atoms with Gasteiger partial charge in [0.2, 0.25) is 15.9 Å². The smallest absolute Gasteiger partial charge is 0.351 e. The van der Waals surface area contributed by atoms with Gasteiger partial charge in [-0.05, 0) is 42.0 Å². The average molecular weight is 418 g/mol. The van der Waals surface area contributed by atoms with Crippen molar-refractivity contribution in [2.75, 3.05) is 13.1 Å². The van der Waals surface area contributed by atoms with Crippen LogP contribution >= 0.6 is 0 Å². The summed E-state index contributed by atoms with van der Waals surface area (Å²) in [6, 6.07) is 8.49. The molecule has 152 valence electrons. The molecule has 5 nitrogen and oxygen atoms in total. The molecule has 0 aliphatic heterocycles. The summed E-state index contributed by atoms with van der Waals surface area (Å²) >= 11 is 0. The number of carbonyl (C=O) groups is 1. The molecule has 0 saturated heterocycles. The van der Waals surface area contributed by atoms with Crippen molar-refractivity contribution < 1.29 is 30.8 Å². The van der Waals surface area contributed by atoms with E-state index in [1.54, 1.807) is 0 Å². The maximum atomic E-state index is 12.9. The van der Waals surface area contributed by atoms with Gasteiger partial charge < -0.3 is 5.32 Å². The number of benzene rings is 2. The zero-order chi connectivity index (χ0) is 20.9. The molecule has 0 heterocycles. The molecule has 0 aliphatic carbocycles. The Labute approximate surface area is 160 Å². The fourth-order valence-corrected chi connectivity index (χ4v) is 3.76. The molecule has 1 N–H and O–H groups in total. The number of carbonyl (C=O) groups excluding carboxylic acids is 1. The average Bonchev–Trinajstić information content (AvgIpc) is 2.65. The van der Waals surface area contributed by atoms with Gasteiger partial charge in [-0.2, -0.15) is 17.5 Å². The Morgan fingerprint density at radius 3 is 2.11 bits per heavy atom. The SMILES string of the molecule is CCN(CC(=O)NCc1ccc(F)cc1)S(=O)(=O)c1ccc(C(F)(F)F)cc1. The summed E-state index contributed by atoms with van der Waals surface area (Å²) in [5.74, 6) is -1.02. The van der Waals surface area contributed by atoms with Crippen molar-refractivity contribution in [3.05, 3.63) is 65.5 Å². The van der Waals surface area contributed by atoms with Crippen LogP contribution in [0.1, 0.15) is 18.1 Å². The molecular formula is C18H18F4N2O3S. The fourth-order valence-electron chi connectivity index (χ4n) is 2.35. The highest BCUT2D eigenvalue weighted by molar-refractivity contribution is 7.89. The number of halogens is 4. The Balaban J connectivity index is 2.05. The van der Waals surface area contributed by atoms with Gasteiger partial charge >= 0.3 is 6.18 Å². The number of rotatable bonds is 7. The summed E-state index contributed by atoms with van der Waals surface area (Å²) in [4.78, 5) is 11.7. The third-order valence-corrected chi connectivity index (χ3v) is 5.83. The first-order chi connectivity index (χ1) is 13.0. The minimum Gasteiger partial charge on any atom is -0.351 e. The van der Waals surface area contributed by atoms with Crippen molar-refractivity contribution in [1.29, 1.82) is 0 Å².